The molecule has 3 N–H and O–H groups in total. The molecular formula is C11H11N5O4S. The number of nitro groups is 1. The van der Waals surface area contributed by atoms with E-state index in [-0.39, 0.29) is 12.2 Å². The molecule has 9 nitrogen and oxygen atoms in total. The molecule has 0 aromatic carbocycles. The molecule has 0 aliphatic carbocycles. The van der Waals surface area contributed by atoms with Crippen LogP contribution < -0.4 is 17.0 Å². The number of amides is 1. The lowest BCUT2D eigenvalue weighted by Crippen LogP contribution is -2.29. The van der Waals surface area contributed by atoms with Crippen molar-refractivity contribution in [3.05, 3.63) is 54.4 Å². The summed E-state index contributed by atoms with van der Waals surface area (Å²) in [6.45, 7) is 1.87. The van der Waals surface area contributed by atoms with Crippen LogP contribution in [-0.4, -0.2) is 20.4 Å². The molecule has 0 saturated heterocycles. The summed E-state index contributed by atoms with van der Waals surface area (Å²) >= 11 is 1.22. The molecule has 1 amide bonds. The number of hydrogen-bond donors (Lipinski definition) is 2. The van der Waals surface area contributed by atoms with E-state index in [0.29, 0.717) is 10.4 Å². The van der Waals surface area contributed by atoms with Crippen molar-refractivity contribution in [2.75, 3.05) is 0 Å². The maximum absolute atomic E-state index is 11.6. The first-order chi connectivity index (χ1) is 9.92. The molecule has 0 bridgehead atoms. The van der Waals surface area contributed by atoms with E-state index in [4.69, 9.17) is 5.84 Å². The average molecular weight is 309 g/mol. The number of aryl methyl sites for hydroxylation is 1. The predicted molar refractivity (Wildman–Crippen MR) is 75.0 cm³/mol. The van der Waals surface area contributed by atoms with Gasteiger partial charge in [-0.3, -0.25) is 24.9 Å². The molecule has 2 rings (SSSR count). The van der Waals surface area contributed by atoms with Crippen LogP contribution in [0.5, 0.6) is 0 Å². The van der Waals surface area contributed by atoms with Crippen molar-refractivity contribution < 1.29 is 9.72 Å². The number of carbonyl (C=O) groups excluding carboxylic acids is 1. The third-order valence-electron chi connectivity index (χ3n) is 2.77. The number of nitrogens with one attached hydrogen (secondary N) is 1. The summed E-state index contributed by atoms with van der Waals surface area (Å²) in [5, 5.41) is 10.7. The molecule has 2 aromatic heterocycles. The Bertz CT molecular complexity index is 766. The fourth-order valence-corrected chi connectivity index (χ4v) is 2.63. The van der Waals surface area contributed by atoms with Gasteiger partial charge in [0, 0.05) is 4.88 Å². The lowest BCUT2D eigenvalue weighted by molar-refractivity contribution is -0.385. The molecule has 0 aliphatic heterocycles. The standard InChI is InChI=1S/C11H11N5O4S/c1-6-7(2-9(21-6)10(17)14-12)4-15-5-8(16(19)20)3-13-11(15)18/h2-3,5H,4,12H2,1H3,(H,14,17). The largest absolute Gasteiger partial charge is 0.348 e. The molecule has 0 aliphatic rings. The van der Waals surface area contributed by atoms with Gasteiger partial charge in [0.25, 0.3) is 5.91 Å². The second-order valence-electron chi connectivity index (χ2n) is 4.15. The van der Waals surface area contributed by atoms with Crippen LogP contribution in [0.2, 0.25) is 0 Å². The molecule has 21 heavy (non-hydrogen) atoms. The van der Waals surface area contributed by atoms with Crippen molar-refractivity contribution in [3.63, 3.8) is 0 Å². The molecule has 110 valence electrons. The summed E-state index contributed by atoms with van der Waals surface area (Å²) in [7, 11) is 0. The van der Waals surface area contributed by atoms with Crippen LogP contribution in [0.1, 0.15) is 20.1 Å². The Balaban J connectivity index is 2.36. The van der Waals surface area contributed by atoms with Gasteiger partial charge in [0.05, 0.1) is 22.5 Å². The van der Waals surface area contributed by atoms with E-state index in [1.165, 1.54) is 11.3 Å². The number of thiophene rings is 1. The first-order valence-corrected chi connectivity index (χ1v) is 6.55. The van der Waals surface area contributed by atoms with Crippen LogP contribution in [0.25, 0.3) is 0 Å². The Kier molecular flexibility index (Phi) is 4.10. The van der Waals surface area contributed by atoms with E-state index in [9.17, 15) is 19.7 Å². The van der Waals surface area contributed by atoms with Gasteiger partial charge in [0.1, 0.15) is 6.20 Å². The lowest BCUT2D eigenvalue weighted by atomic mass is 10.2. The van der Waals surface area contributed by atoms with Crippen molar-refractivity contribution >= 4 is 22.9 Å². The Morgan fingerprint density at radius 2 is 2.33 bits per heavy atom. The molecular weight excluding hydrogens is 298 g/mol. The highest BCUT2D eigenvalue weighted by Gasteiger charge is 2.14. The maximum atomic E-state index is 11.6. The van der Waals surface area contributed by atoms with E-state index < -0.39 is 16.5 Å². The number of nitrogens with two attached hydrogens (primary N) is 1. The molecule has 0 fully saturated rings. The smallest absolute Gasteiger partial charge is 0.289 e. The van der Waals surface area contributed by atoms with Gasteiger partial charge in [0.2, 0.25) is 0 Å². The van der Waals surface area contributed by atoms with Gasteiger partial charge >= 0.3 is 11.4 Å². The van der Waals surface area contributed by atoms with Crippen molar-refractivity contribution in [2.45, 2.75) is 13.5 Å². The summed E-state index contributed by atoms with van der Waals surface area (Å²) < 4.78 is 1.12. The Labute approximate surface area is 122 Å². The first kappa shape index (κ1) is 14.8. The number of aromatic nitrogens is 2. The van der Waals surface area contributed by atoms with Gasteiger partial charge in [-0.2, -0.15) is 4.98 Å². The van der Waals surface area contributed by atoms with Gasteiger partial charge in [0.15, 0.2) is 0 Å². The number of hydrogen-bond acceptors (Lipinski definition) is 7. The summed E-state index contributed by atoms with van der Waals surface area (Å²) in [4.78, 5) is 37.8. The summed E-state index contributed by atoms with van der Waals surface area (Å²) in [5.74, 6) is 4.63. The summed E-state index contributed by atoms with van der Waals surface area (Å²) in [6.07, 6.45) is 2.03. The zero-order valence-electron chi connectivity index (χ0n) is 10.9. The second kappa shape index (κ2) is 5.81. The summed E-state index contributed by atoms with van der Waals surface area (Å²) in [5.41, 5.74) is 1.84. The van der Waals surface area contributed by atoms with Crippen LogP contribution in [0.15, 0.2) is 23.3 Å². The predicted octanol–water partition coefficient (Wildman–Crippen LogP) is 0.173. The minimum atomic E-state index is -0.628. The minimum absolute atomic E-state index is 0.0910. The number of carbonyl (C=O) groups is 1. The van der Waals surface area contributed by atoms with Gasteiger partial charge in [-0.15, -0.1) is 11.3 Å². The Morgan fingerprint density at radius 1 is 1.62 bits per heavy atom. The third-order valence-corrected chi connectivity index (χ3v) is 3.86. The molecule has 0 radical (unpaired) electrons. The van der Waals surface area contributed by atoms with Crippen LogP contribution in [0, 0.1) is 17.0 Å². The minimum Gasteiger partial charge on any atom is -0.289 e. The van der Waals surface area contributed by atoms with Gasteiger partial charge in [-0.05, 0) is 18.6 Å². The van der Waals surface area contributed by atoms with Gasteiger partial charge in [-0.1, -0.05) is 0 Å². The van der Waals surface area contributed by atoms with E-state index in [2.05, 4.69) is 4.98 Å². The highest BCUT2D eigenvalue weighted by atomic mass is 32.1. The van der Waals surface area contributed by atoms with Gasteiger partial charge < -0.3 is 0 Å². The van der Waals surface area contributed by atoms with Crippen LogP contribution in [-0.2, 0) is 6.54 Å². The number of nitrogens with zero attached hydrogens (tertiary/aromatic N) is 3. The average Bonchev–Trinajstić information content (AvgIpc) is 2.81. The normalized spacial score (nSPS) is 10.4. The van der Waals surface area contributed by atoms with E-state index >= 15 is 0 Å². The summed E-state index contributed by atoms with van der Waals surface area (Å²) in [6, 6.07) is 1.59. The number of nitrogen functional groups attached to an aromatic ring is 1. The van der Waals surface area contributed by atoms with Crippen LogP contribution in [0.4, 0.5) is 5.69 Å². The quantitative estimate of drug-likeness (QED) is 0.358. The molecule has 2 aromatic rings. The van der Waals surface area contributed by atoms with Crippen molar-refractivity contribution in [2.24, 2.45) is 5.84 Å². The van der Waals surface area contributed by atoms with E-state index in [1.807, 2.05) is 5.43 Å². The first-order valence-electron chi connectivity index (χ1n) is 5.73. The highest BCUT2D eigenvalue weighted by molar-refractivity contribution is 7.14. The van der Waals surface area contributed by atoms with Crippen molar-refractivity contribution in [3.8, 4) is 0 Å². The van der Waals surface area contributed by atoms with Crippen molar-refractivity contribution in [1.82, 2.24) is 15.0 Å². The van der Waals surface area contributed by atoms with E-state index in [1.54, 1.807) is 13.0 Å². The molecule has 10 heteroatoms. The molecule has 0 spiro atoms. The Hall–Kier alpha value is -2.59. The highest BCUT2D eigenvalue weighted by Crippen LogP contribution is 2.22. The zero-order valence-corrected chi connectivity index (χ0v) is 11.7. The maximum Gasteiger partial charge on any atom is 0.348 e. The second-order valence-corrected chi connectivity index (χ2v) is 5.40. The third kappa shape index (κ3) is 3.12. The van der Waals surface area contributed by atoms with Crippen LogP contribution in [0.3, 0.4) is 0 Å². The monoisotopic (exact) mass is 309 g/mol. The van der Waals surface area contributed by atoms with E-state index in [0.717, 1.165) is 21.8 Å². The molecule has 0 unspecified atom stereocenters. The number of hydrazine groups is 1. The fourth-order valence-electron chi connectivity index (χ4n) is 1.69. The number of rotatable bonds is 4. The fraction of sp³-hybridized carbons (Fsp3) is 0.182. The lowest BCUT2D eigenvalue weighted by Gasteiger charge is -2.03. The SMILES string of the molecule is Cc1sc(C(=O)NN)cc1Cn1cc([N+](=O)[O-])cnc1=O. The van der Waals surface area contributed by atoms with Crippen LogP contribution >= 0.6 is 11.3 Å². The van der Waals surface area contributed by atoms with Crippen molar-refractivity contribution in [1.29, 1.82) is 0 Å². The molecule has 0 atom stereocenters. The van der Waals surface area contributed by atoms with Gasteiger partial charge in [-0.25, -0.2) is 10.6 Å². The zero-order chi connectivity index (χ0) is 15.6. The molecule has 0 saturated carbocycles. The topological polar surface area (TPSA) is 133 Å². The molecule has 2 heterocycles. The Morgan fingerprint density at radius 3 is 2.95 bits per heavy atom.